The lowest BCUT2D eigenvalue weighted by Gasteiger charge is -2.22. The van der Waals surface area contributed by atoms with Gasteiger partial charge >= 0.3 is 0 Å². The Bertz CT molecular complexity index is 1220. The highest BCUT2D eigenvalue weighted by molar-refractivity contribution is 6.30. The zero-order valence-electron chi connectivity index (χ0n) is 16.6. The van der Waals surface area contributed by atoms with Gasteiger partial charge < -0.3 is 10.0 Å². The maximum absolute atomic E-state index is 11.2. The number of hydrogen-bond donors (Lipinski definition) is 1. The summed E-state index contributed by atoms with van der Waals surface area (Å²) in [7, 11) is 0. The number of fused-ring (bicyclic) bond motifs is 1. The predicted molar refractivity (Wildman–Crippen MR) is 112 cm³/mol. The monoisotopic (exact) mass is 424 g/mol. The molecule has 0 aromatic carbocycles. The van der Waals surface area contributed by atoms with Crippen LogP contribution < -0.4 is 4.90 Å². The van der Waals surface area contributed by atoms with E-state index in [0.717, 1.165) is 17.2 Å². The molecule has 1 unspecified atom stereocenters. The fourth-order valence-electron chi connectivity index (χ4n) is 3.71. The van der Waals surface area contributed by atoms with Gasteiger partial charge in [0, 0.05) is 31.4 Å². The summed E-state index contributed by atoms with van der Waals surface area (Å²) in [5.74, 6) is 1.28. The highest BCUT2D eigenvalue weighted by Gasteiger charge is 2.41. The first-order valence-corrected chi connectivity index (χ1v) is 10.2. The fourth-order valence-corrected chi connectivity index (χ4v) is 3.87. The van der Waals surface area contributed by atoms with Gasteiger partial charge in [-0.1, -0.05) is 16.8 Å². The second-order valence-electron chi connectivity index (χ2n) is 7.84. The number of halogens is 1. The average molecular weight is 425 g/mol. The van der Waals surface area contributed by atoms with E-state index in [-0.39, 0.29) is 6.04 Å². The first-order chi connectivity index (χ1) is 14.4. The van der Waals surface area contributed by atoms with Crippen LogP contribution in [0.5, 0.6) is 0 Å². The van der Waals surface area contributed by atoms with Gasteiger partial charge in [-0.3, -0.25) is 4.40 Å². The number of rotatable bonds is 4. The van der Waals surface area contributed by atoms with Crippen molar-refractivity contribution in [3.8, 4) is 11.5 Å². The number of aromatic nitrogens is 7. The molecule has 4 aromatic rings. The molecular weight excluding hydrogens is 404 g/mol. The van der Waals surface area contributed by atoms with Crippen LogP contribution in [-0.2, 0) is 5.60 Å². The molecule has 154 valence electrons. The van der Waals surface area contributed by atoms with Crippen molar-refractivity contribution in [1.29, 1.82) is 0 Å². The minimum absolute atomic E-state index is 0.191. The van der Waals surface area contributed by atoms with E-state index in [1.165, 1.54) is 0 Å². The molecule has 30 heavy (non-hydrogen) atoms. The Morgan fingerprint density at radius 2 is 2.03 bits per heavy atom. The van der Waals surface area contributed by atoms with Crippen molar-refractivity contribution in [2.45, 2.75) is 31.9 Å². The number of pyridine rings is 1. The normalized spacial score (nSPS) is 19.3. The minimum atomic E-state index is -1.06. The van der Waals surface area contributed by atoms with E-state index in [9.17, 15) is 5.11 Å². The van der Waals surface area contributed by atoms with E-state index < -0.39 is 5.60 Å². The van der Waals surface area contributed by atoms with E-state index in [4.69, 9.17) is 16.6 Å². The molecule has 10 heteroatoms. The van der Waals surface area contributed by atoms with Crippen molar-refractivity contribution in [3.05, 3.63) is 53.7 Å². The number of aliphatic hydroxyl groups is 1. The summed E-state index contributed by atoms with van der Waals surface area (Å²) in [4.78, 5) is 15.6. The summed E-state index contributed by atoms with van der Waals surface area (Å²) in [6.07, 6.45) is 7.61. The van der Waals surface area contributed by atoms with E-state index in [0.29, 0.717) is 36.1 Å². The molecule has 5 rings (SSSR count). The van der Waals surface area contributed by atoms with E-state index in [1.807, 2.05) is 41.5 Å². The summed E-state index contributed by atoms with van der Waals surface area (Å²) in [6, 6.07) is 5.68. The zero-order chi connectivity index (χ0) is 20.9. The topological polar surface area (TPSA) is 97.3 Å². The molecule has 0 amide bonds. The predicted octanol–water partition coefficient (Wildman–Crippen LogP) is 2.72. The SMILES string of the molecule is CC(C)n1cc(C2(O)CCN(c3ccnc(-c4cnc5ccc(Cl)cn45)n3)C2)nn1. The maximum atomic E-state index is 11.2. The Hall–Kier alpha value is -3.04. The van der Waals surface area contributed by atoms with E-state index >= 15 is 0 Å². The number of anilines is 1. The maximum Gasteiger partial charge on any atom is 0.180 e. The molecule has 1 N–H and O–H groups in total. The van der Waals surface area contributed by atoms with Crippen molar-refractivity contribution < 1.29 is 5.11 Å². The van der Waals surface area contributed by atoms with Crippen LogP contribution in [-0.4, -0.2) is 52.5 Å². The lowest BCUT2D eigenvalue weighted by molar-refractivity contribution is 0.0559. The molecule has 1 aliphatic heterocycles. The summed E-state index contributed by atoms with van der Waals surface area (Å²) >= 11 is 6.14. The zero-order valence-corrected chi connectivity index (χ0v) is 17.4. The number of imidazole rings is 1. The highest BCUT2D eigenvalue weighted by atomic mass is 35.5. The molecular formula is C20H21ClN8O. The molecule has 0 spiro atoms. The molecule has 0 saturated carbocycles. The van der Waals surface area contributed by atoms with Gasteiger partial charge in [-0.15, -0.1) is 5.10 Å². The Labute approximate surface area is 178 Å². The van der Waals surface area contributed by atoms with Crippen LogP contribution in [0.3, 0.4) is 0 Å². The van der Waals surface area contributed by atoms with Gasteiger partial charge in [-0.05, 0) is 32.0 Å². The van der Waals surface area contributed by atoms with Gasteiger partial charge in [-0.25, -0.2) is 19.6 Å². The van der Waals surface area contributed by atoms with E-state index in [2.05, 4.69) is 20.3 Å². The second kappa shape index (κ2) is 7.03. The minimum Gasteiger partial charge on any atom is -0.381 e. The highest BCUT2D eigenvalue weighted by Crippen LogP contribution is 2.33. The summed E-state index contributed by atoms with van der Waals surface area (Å²) in [5.41, 5.74) is 1.05. The molecule has 0 radical (unpaired) electrons. The molecule has 1 saturated heterocycles. The van der Waals surface area contributed by atoms with Crippen LogP contribution in [0, 0.1) is 0 Å². The summed E-state index contributed by atoms with van der Waals surface area (Å²) in [5, 5.41) is 20.1. The van der Waals surface area contributed by atoms with Gasteiger partial charge in [0.2, 0.25) is 0 Å². The third-order valence-electron chi connectivity index (χ3n) is 5.43. The Morgan fingerprint density at radius 3 is 2.83 bits per heavy atom. The molecule has 1 fully saturated rings. The first kappa shape index (κ1) is 19.0. The van der Waals surface area contributed by atoms with Crippen molar-refractivity contribution in [1.82, 2.24) is 34.3 Å². The third-order valence-corrected chi connectivity index (χ3v) is 5.65. The van der Waals surface area contributed by atoms with Gasteiger partial charge in [0.25, 0.3) is 0 Å². The molecule has 4 aromatic heterocycles. The molecule has 9 nitrogen and oxygen atoms in total. The van der Waals surface area contributed by atoms with Crippen molar-refractivity contribution in [2.24, 2.45) is 0 Å². The van der Waals surface area contributed by atoms with Crippen LogP contribution in [0.1, 0.15) is 32.0 Å². The van der Waals surface area contributed by atoms with E-state index in [1.54, 1.807) is 29.3 Å². The Balaban J connectivity index is 1.44. The van der Waals surface area contributed by atoms with Crippen LogP contribution in [0.25, 0.3) is 17.2 Å². The molecule has 1 atom stereocenters. The largest absolute Gasteiger partial charge is 0.381 e. The third kappa shape index (κ3) is 3.20. The van der Waals surface area contributed by atoms with Crippen molar-refractivity contribution in [2.75, 3.05) is 18.0 Å². The van der Waals surface area contributed by atoms with Gasteiger partial charge in [0.05, 0.1) is 24.0 Å². The van der Waals surface area contributed by atoms with Crippen LogP contribution in [0.4, 0.5) is 5.82 Å². The summed E-state index contributed by atoms with van der Waals surface area (Å²) < 4.78 is 3.63. The average Bonchev–Trinajstić information content (AvgIpc) is 3.46. The number of nitrogens with zero attached hydrogens (tertiary/aromatic N) is 8. The molecule has 5 heterocycles. The van der Waals surface area contributed by atoms with Crippen LogP contribution in [0.2, 0.25) is 5.02 Å². The van der Waals surface area contributed by atoms with Crippen molar-refractivity contribution in [3.63, 3.8) is 0 Å². The van der Waals surface area contributed by atoms with Crippen molar-refractivity contribution >= 4 is 23.1 Å². The van der Waals surface area contributed by atoms with Gasteiger partial charge in [0.1, 0.15) is 28.5 Å². The lowest BCUT2D eigenvalue weighted by atomic mass is 10.00. The fraction of sp³-hybridized carbons (Fsp3) is 0.350. The molecule has 1 aliphatic rings. The smallest absolute Gasteiger partial charge is 0.180 e. The summed E-state index contributed by atoms with van der Waals surface area (Å²) in [6.45, 7) is 5.10. The lowest BCUT2D eigenvalue weighted by Crippen LogP contribution is -2.31. The quantitative estimate of drug-likeness (QED) is 0.537. The second-order valence-corrected chi connectivity index (χ2v) is 8.27. The number of β-amino-alcohol motifs (C(OH)–C–C–N with tert-alkyl or cyclic N) is 1. The first-order valence-electron chi connectivity index (χ1n) is 9.79. The van der Waals surface area contributed by atoms with Crippen LogP contribution >= 0.6 is 11.6 Å². The van der Waals surface area contributed by atoms with Gasteiger partial charge in [0.15, 0.2) is 5.82 Å². The standard InChI is InChI=1S/C20H21ClN8O/c1-13(2)29-11-16(25-26-29)20(30)6-8-27(12-20)18-5-7-22-19(24-18)15-9-23-17-4-3-14(21)10-28(15)17/h3-5,7,9-11,13,30H,6,8,12H2,1-2H3. The van der Waals surface area contributed by atoms with Gasteiger partial charge in [-0.2, -0.15) is 0 Å². The Morgan fingerprint density at radius 1 is 1.17 bits per heavy atom. The molecule has 0 bridgehead atoms. The Kier molecular flexibility index (Phi) is 4.44. The number of hydrogen-bond acceptors (Lipinski definition) is 7. The molecule has 0 aliphatic carbocycles. The van der Waals surface area contributed by atoms with Crippen LogP contribution in [0.15, 0.2) is 43.0 Å².